The molecule has 0 unspecified atom stereocenters. The van der Waals surface area contributed by atoms with Crippen molar-refractivity contribution in [3.8, 4) is 0 Å². The van der Waals surface area contributed by atoms with E-state index in [2.05, 4.69) is 0 Å². The number of rotatable bonds is 10. The van der Waals surface area contributed by atoms with Crippen molar-refractivity contribution in [3.63, 3.8) is 0 Å². The maximum absolute atomic E-state index is 11.9. The smallest absolute Gasteiger partial charge is 0.345 e. The van der Waals surface area contributed by atoms with E-state index in [-0.39, 0.29) is 35.9 Å². The second-order valence-electron chi connectivity index (χ2n) is 7.67. The number of ether oxygens (including phenoxy) is 1. The van der Waals surface area contributed by atoms with Crippen LogP contribution in [0.15, 0.2) is 23.5 Å². The first-order valence-electron chi connectivity index (χ1n) is 9.71. The van der Waals surface area contributed by atoms with Gasteiger partial charge >= 0.3 is 11.9 Å². The SMILES string of the molecule is CC[C@H](C)C[C@H](/C=C/C[C@H](C)CC/C(O)=C1\C(=O)C[C@@H](C)OC1=O)C(=O)O. The molecule has 1 aliphatic rings. The molecule has 1 rings (SSSR count). The number of aliphatic hydroxyl groups excluding tert-OH is 1. The van der Waals surface area contributed by atoms with Gasteiger partial charge in [0, 0.05) is 12.8 Å². The molecule has 0 amide bonds. The number of carboxylic acids is 1. The van der Waals surface area contributed by atoms with Gasteiger partial charge in [0.15, 0.2) is 5.78 Å². The van der Waals surface area contributed by atoms with Gasteiger partial charge in [0.05, 0.1) is 5.92 Å². The fraction of sp³-hybridized carbons (Fsp3) is 0.667. The number of esters is 1. The molecule has 6 nitrogen and oxygen atoms in total. The molecule has 0 aromatic heterocycles. The molecular weight excluding hydrogens is 348 g/mol. The van der Waals surface area contributed by atoms with Crippen molar-refractivity contribution in [2.75, 3.05) is 0 Å². The normalized spacial score (nSPS) is 23.0. The van der Waals surface area contributed by atoms with Gasteiger partial charge < -0.3 is 14.9 Å². The molecule has 0 radical (unpaired) electrons. The molecule has 1 saturated heterocycles. The van der Waals surface area contributed by atoms with Crippen molar-refractivity contribution in [3.05, 3.63) is 23.5 Å². The lowest BCUT2D eigenvalue weighted by Crippen LogP contribution is -2.31. The number of hydrogen-bond acceptors (Lipinski definition) is 5. The van der Waals surface area contributed by atoms with Gasteiger partial charge in [-0.05, 0) is 38.0 Å². The first-order chi connectivity index (χ1) is 12.6. The highest BCUT2D eigenvalue weighted by molar-refractivity contribution is 6.19. The van der Waals surface area contributed by atoms with Crippen LogP contribution in [-0.2, 0) is 19.1 Å². The number of Topliss-reactive ketones (excluding diaryl/α,β-unsaturated/α-hetero) is 1. The van der Waals surface area contributed by atoms with Crippen LogP contribution >= 0.6 is 0 Å². The highest BCUT2D eigenvalue weighted by atomic mass is 16.5. The van der Waals surface area contributed by atoms with Crippen LogP contribution in [-0.4, -0.2) is 34.0 Å². The zero-order chi connectivity index (χ0) is 20.6. The Hall–Kier alpha value is -2.11. The number of aliphatic hydroxyl groups is 1. The van der Waals surface area contributed by atoms with E-state index in [4.69, 9.17) is 4.74 Å². The molecule has 6 heteroatoms. The van der Waals surface area contributed by atoms with Crippen LogP contribution in [0.2, 0.25) is 0 Å². The van der Waals surface area contributed by atoms with E-state index in [0.717, 1.165) is 6.42 Å². The number of cyclic esters (lactones) is 1. The Morgan fingerprint density at radius 1 is 1.26 bits per heavy atom. The summed E-state index contributed by atoms with van der Waals surface area (Å²) in [6.07, 6.45) is 6.29. The summed E-state index contributed by atoms with van der Waals surface area (Å²) in [5.74, 6) is -2.11. The Labute approximate surface area is 161 Å². The Balaban J connectivity index is 2.55. The number of carbonyl (C=O) groups is 3. The summed E-state index contributed by atoms with van der Waals surface area (Å²) in [5.41, 5.74) is -0.227. The van der Waals surface area contributed by atoms with Gasteiger partial charge in [-0.1, -0.05) is 39.3 Å². The summed E-state index contributed by atoms with van der Waals surface area (Å²) in [6, 6.07) is 0. The van der Waals surface area contributed by atoms with Crippen molar-refractivity contribution in [1.29, 1.82) is 0 Å². The minimum Gasteiger partial charge on any atom is -0.511 e. The lowest BCUT2D eigenvalue weighted by Gasteiger charge is -2.20. The maximum atomic E-state index is 11.9. The quantitative estimate of drug-likeness (QED) is 0.194. The molecule has 27 heavy (non-hydrogen) atoms. The van der Waals surface area contributed by atoms with E-state index in [1.54, 1.807) is 13.0 Å². The fourth-order valence-electron chi connectivity index (χ4n) is 3.00. The number of carboxylic acid groups (broad SMARTS) is 1. The molecule has 4 atom stereocenters. The largest absolute Gasteiger partial charge is 0.511 e. The Morgan fingerprint density at radius 2 is 1.93 bits per heavy atom. The monoisotopic (exact) mass is 380 g/mol. The molecule has 1 aliphatic heterocycles. The zero-order valence-corrected chi connectivity index (χ0v) is 16.7. The van der Waals surface area contributed by atoms with Crippen molar-refractivity contribution < 1.29 is 29.3 Å². The summed E-state index contributed by atoms with van der Waals surface area (Å²) in [6.45, 7) is 7.71. The van der Waals surface area contributed by atoms with E-state index in [1.165, 1.54) is 0 Å². The van der Waals surface area contributed by atoms with E-state index in [9.17, 15) is 24.6 Å². The molecule has 0 aromatic carbocycles. The molecule has 1 heterocycles. The molecule has 1 fully saturated rings. The highest BCUT2D eigenvalue weighted by Crippen LogP contribution is 2.23. The second kappa shape index (κ2) is 10.9. The van der Waals surface area contributed by atoms with Gasteiger partial charge in [0.1, 0.15) is 17.4 Å². The van der Waals surface area contributed by atoms with E-state index < -0.39 is 24.0 Å². The van der Waals surface area contributed by atoms with Crippen molar-refractivity contribution >= 4 is 17.7 Å². The predicted octanol–water partition coefficient (Wildman–Crippen LogP) is 4.20. The minimum atomic E-state index is -0.815. The van der Waals surface area contributed by atoms with E-state index in [0.29, 0.717) is 25.2 Å². The van der Waals surface area contributed by atoms with Crippen LogP contribution in [0, 0.1) is 17.8 Å². The third-order valence-electron chi connectivity index (χ3n) is 5.00. The summed E-state index contributed by atoms with van der Waals surface area (Å²) >= 11 is 0. The molecular formula is C21H32O6. The van der Waals surface area contributed by atoms with Crippen LogP contribution in [0.1, 0.15) is 66.2 Å². The van der Waals surface area contributed by atoms with Crippen molar-refractivity contribution in [2.45, 2.75) is 72.3 Å². The number of ketones is 1. The van der Waals surface area contributed by atoms with Crippen molar-refractivity contribution in [1.82, 2.24) is 0 Å². The van der Waals surface area contributed by atoms with Crippen LogP contribution in [0.3, 0.4) is 0 Å². The molecule has 2 N–H and O–H groups in total. The van der Waals surface area contributed by atoms with E-state index in [1.807, 2.05) is 26.8 Å². The molecule has 152 valence electrons. The fourth-order valence-corrected chi connectivity index (χ4v) is 3.00. The van der Waals surface area contributed by atoms with Gasteiger partial charge in [-0.15, -0.1) is 0 Å². The summed E-state index contributed by atoms with van der Waals surface area (Å²) in [7, 11) is 0. The molecule has 0 aromatic rings. The Kier molecular flexibility index (Phi) is 9.26. The standard InChI is InChI=1S/C21H32O6/c1-5-13(2)11-16(20(24)25)8-6-7-14(3)9-10-17(22)19-18(23)12-15(4)27-21(19)26/h6,8,13-16,22H,5,7,9-12H2,1-4H3,(H,24,25)/b8-6+,19-17-/t13-,14-,15+,16-/m0/s1. The molecule has 0 bridgehead atoms. The first-order valence-corrected chi connectivity index (χ1v) is 9.71. The average molecular weight is 380 g/mol. The lowest BCUT2D eigenvalue weighted by molar-refractivity contribution is -0.150. The summed E-state index contributed by atoms with van der Waals surface area (Å²) in [4.78, 5) is 35.1. The third-order valence-corrected chi connectivity index (χ3v) is 5.00. The summed E-state index contributed by atoms with van der Waals surface area (Å²) < 4.78 is 5.01. The second-order valence-corrected chi connectivity index (χ2v) is 7.67. The van der Waals surface area contributed by atoms with Crippen LogP contribution < -0.4 is 0 Å². The topological polar surface area (TPSA) is 101 Å². The number of allylic oxidation sites excluding steroid dienone is 2. The molecule has 0 aliphatic carbocycles. The van der Waals surface area contributed by atoms with Crippen molar-refractivity contribution in [2.24, 2.45) is 17.8 Å². The van der Waals surface area contributed by atoms with Gasteiger partial charge in [-0.2, -0.15) is 0 Å². The van der Waals surface area contributed by atoms with Crippen LogP contribution in [0.4, 0.5) is 0 Å². The predicted molar refractivity (Wildman–Crippen MR) is 102 cm³/mol. The maximum Gasteiger partial charge on any atom is 0.345 e. The Morgan fingerprint density at radius 3 is 2.48 bits per heavy atom. The van der Waals surface area contributed by atoms with E-state index >= 15 is 0 Å². The Bertz CT molecular complexity index is 584. The number of aliphatic carboxylic acids is 1. The van der Waals surface area contributed by atoms with Crippen LogP contribution in [0.25, 0.3) is 0 Å². The summed E-state index contributed by atoms with van der Waals surface area (Å²) in [5, 5.41) is 19.4. The average Bonchev–Trinajstić information content (AvgIpc) is 2.57. The van der Waals surface area contributed by atoms with Gasteiger partial charge in [0.25, 0.3) is 0 Å². The molecule has 0 saturated carbocycles. The highest BCUT2D eigenvalue weighted by Gasteiger charge is 2.32. The third kappa shape index (κ3) is 7.57. The lowest BCUT2D eigenvalue weighted by atomic mass is 9.92. The van der Waals surface area contributed by atoms with Gasteiger partial charge in [-0.25, -0.2) is 4.79 Å². The number of hydrogen-bond donors (Lipinski definition) is 2. The molecule has 0 spiro atoms. The van der Waals surface area contributed by atoms with Gasteiger partial charge in [0.2, 0.25) is 0 Å². The van der Waals surface area contributed by atoms with Gasteiger partial charge in [-0.3, -0.25) is 9.59 Å². The van der Waals surface area contributed by atoms with Crippen LogP contribution in [0.5, 0.6) is 0 Å². The zero-order valence-electron chi connectivity index (χ0n) is 16.7. The number of carbonyl (C=O) groups excluding carboxylic acids is 2. The minimum absolute atomic E-state index is 0.0934. The first kappa shape index (κ1) is 22.9.